The number of hydrogen-bond donors (Lipinski definition) is 0. The van der Waals surface area contributed by atoms with Gasteiger partial charge < -0.3 is 8.98 Å². The van der Waals surface area contributed by atoms with Crippen LogP contribution in [0, 0.1) is 26.6 Å². The predicted octanol–water partition coefficient (Wildman–Crippen LogP) is 6.33. The van der Waals surface area contributed by atoms with Crippen LogP contribution in [0.15, 0.2) is 82.2 Å². The number of benzene rings is 3. The van der Waals surface area contributed by atoms with Crippen LogP contribution in [0.1, 0.15) is 17.4 Å². The molecule has 182 valence electrons. The second-order valence-electron chi connectivity index (χ2n) is 8.75. The van der Waals surface area contributed by atoms with Crippen LogP contribution in [-0.2, 0) is 9.84 Å². The van der Waals surface area contributed by atoms with Gasteiger partial charge in [0.05, 0.1) is 16.3 Å². The zero-order chi connectivity index (χ0) is 25.6. The lowest BCUT2D eigenvalue weighted by molar-refractivity contribution is 0.534. The number of rotatable bonds is 5. The van der Waals surface area contributed by atoms with E-state index in [-0.39, 0.29) is 10.7 Å². The Morgan fingerprint density at radius 2 is 1.56 bits per heavy atom. The van der Waals surface area contributed by atoms with Crippen LogP contribution in [0.25, 0.3) is 39.4 Å². The minimum Gasteiger partial charge on any atom is -0.440 e. The minimum absolute atomic E-state index is 0.246. The molecule has 3 aromatic carbocycles. The molecule has 0 amide bonds. The average molecular weight is 502 g/mol. The number of hydrogen-bond acceptors (Lipinski definition) is 5. The molecule has 2 aromatic heterocycles. The molecule has 0 atom stereocenters. The standard InChI is InChI=1S/C28H24FN3O3S/c1-17-16-32(18(2)30-17)26-13-10-22(21-6-5-7-24(14-21)36(4,33)34)15-25(26)27-28(35-19(3)31-27)20-8-11-23(29)12-9-20/h5-16H,1-4H3. The first-order valence-corrected chi connectivity index (χ1v) is 13.2. The molecule has 36 heavy (non-hydrogen) atoms. The number of aromatic nitrogens is 3. The maximum atomic E-state index is 13.6. The molecule has 6 nitrogen and oxygen atoms in total. The maximum Gasteiger partial charge on any atom is 0.192 e. The molecule has 0 saturated carbocycles. The summed E-state index contributed by atoms with van der Waals surface area (Å²) >= 11 is 0. The van der Waals surface area contributed by atoms with E-state index in [0.29, 0.717) is 22.9 Å². The van der Waals surface area contributed by atoms with E-state index < -0.39 is 9.84 Å². The lowest BCUT2D eigenvalue weighted by atomic mass is 9.98. The van der Waals surface area contributed by atoms with Crippen LogP contribution in [0.4, 0.5) is 4.39 Å². The summed E-state index contributed by atoms with van der Waals surface area (Å²) in [6, 6.07) is 18.8. The van der Waals surface area contributed by atoms with Gasteiger partial charge in [0, 0.05) is 30.5 Å². The van der Waals surface area contributed by atoms with Gasteiger partial charge in [-0.1, -0.05) is 18.2 Å². The van der Waals surface area contributed by atoms with Gasteiger partial charge >= 0.3 is 0 Å². The first kappa shape index (κ1) is 23.7. The van der Waals surface area contributed by atoms with E-state index in [1.165, 1.54) is 18.4 Å². The molecule has 0 bridgehead atoms. The number of oxazole rings is 1. The highest BCUT2D eigenvalue weighted by Gasteiger charge is 2.21. The summed E-state index contributed by atoms with van der Waals surface area (Å²) in [5.74, 6) is 1.46. The van der Waals surface area contributed by atoms with Crippen molar-refractivity contribution in [3.05, 3.63) is 96.2 Å². The summed E-state index contributed by atoms with van der Waals surface area (Å²) < 4.78 is 45.9. The molecule has 0 aliphatic rings. The number of nitrogens with zero attached hydrogens (tertiary/aromatic N) is 3. The van der Waals surface area contributed by atoms with Crippen molar-refractivity contribution in [2.45, 2.75) is 25.7 Å². The maximum absolute atomic E-state index is 13.6. The van der Waals surface area contributed by atoms with Crippen LogP contribution < -0.4 is 0 Å². The van der Waals surface area contributed by atoms with Crippen molar-refractivity contribution in [3.63, 3.8) is 0 Å². The third kappa shape index (κ3) is 4.47. The monoisotopic (exact) mass is 501 g/mol. The van der Waals surface area contributed by atoms with E-state index >= 15 is 0 Å². The molecule has 5 rings (SSSR count). The lowest BCUT2D eigenvalue weighted by Gasteiger charge is -2.14. The first-order valence-electron chi connectivity index (χ1n) is 11.3. The molecule has 0 spiro atoms. The smallest absolute Gasteiger partial charge is 0.192 e. The molecule has 0 N–H and O–H groups in total. The quantitative estimate of drug-likeness (QED) is 0.281. The summed E-state index contributed by atoms with van der Waals surface area (Å²) in [4.78, 5) is 9.50. The van der Waals surface area contributed by atoms with Gasteiger partial charge in [-0.3, -0.25) is 0 Å². The highest BCUT2D eigenvalue weighted by Crippen LogP contribution is 2.38. The van der Waals surface area contributed by atoms with Gasteiger partial charge in [0.25, 0.3) is 0 Å². The second kappa shape index (κ2) is 8.87. The Balaban J connectivity index is 1.77. The summed E-state index contributed by atoms with van der Waals surface area (Å²) in [6.07, 6.45) is 3.14. The zero-order valence-electron chi connectivity index (χ0n) is 20.3. The largest absolute Gasteiger partial charge is 0.440 e. The van der Waals surface area contributed by atoms with Crippen molar-refractivity contribution in [3.8, 4) is 39.4 Å². The number of aryl methyl sites for hydroxylation is 3. The average Bonchev–Trinajstić information content (AvgIpc) is 3.39. The van der Waals surface area contributed by atoms with Gasteiger partial charge in [0.2, 0.25) is 0 Å². The van der Waals surface area contributed by atoms with Gasteiger partial charge in [0.15, 0.2) is 21.5 Å². The van der Waals surface area contributed by atoms with Crippen molar-refractivity contribution in [2.24, 2.45) is 0 Å². The van der Waals surface area contributed by atoms with E-state index in [4.69, 9.17) is 9.40 Å². The van der Waals surface area contributed by atoms with Crippen LogP contribution >= 0.6 is 0 Å². The summed E-state index contributed by atoms with van der Waals surface area (Å²) in [7, 11) is -3.36. The fourth-order valence-corrected chi connectivity index (χ4v) is 4.96. The molecule has 8 heteroatoms. The van der Waals surface area contributed by atoms with Gasteiger partial charge in [-0.05, 0) is 73.5 Å². The van der Waals surface area contributed by atoms with E-state index in [9.17, 15) is 12.8 Å². The highest BCUT2D eigenvalue weighted by molar-refractivity contribution is 7.90. The van der Waals surface area contributed by atoms with Gasteiger partial charge in [-0.25, -0.2) is 22.8 Å². The Morgan fingerprint density at radius 1 is 0.861 bits per heavy atom. The SMILES string of the molecule is Cc1cn(-c2ccc(-c3cccc(S(C)(=O)=O)c3)cc2-c2nc(C)oc2-c2ccc(F)cc2)c(C)n1. The molecule has 0 fully saturated rings. The van der Waals surface area contributed by atoms with Crippen molar-refractivity contribution in [1.29, 1.82) is 0 Å². The molecule has 5 aromatic rings. The molecular weight excluding hydrogens is 477 g/mol. The van der Waals surface area contributed by atoms with Crippen molar-refractivity contribution in [2.75, 3.05) is 6.26 Å². The molecule has 0 radical (unpaired) electrons. The van der Waals surface area contributed by atoms with E-state index in [1.807, 2.05) is 48.9 Å². The van der Waals surface area contributed by atoms with Crippen LogP contribution in [0.2, 0.25) is 0 Å². The van der Waals surface area contributed by atoms with Crippen LogP contribution in [0.3, 0.4) is 0 Å². The molecular formula is C28H24FN3O3S. The second-order valence-corrected chi connectivity index (χ2v) is 10.8. The Morgan fingerprint density at radius 3 is 2.22 bits per heavy atom. The lowest BCUT2D eigenvalue weighted by Crippen LogP contribution is -2.00. The molecule has 0 aliphatic carbocycles. The minimum atomic E-state index is -3.36. The van der Waals surface area contributed by atoms with Gasteiger partial charge in [-0.2, -0.15) is 0 Å². The number of sulfone groups is 1. The zero-order valence-corrected chi connectivity index (χ0v) is 21.1. The number of halogens is 1. The Labute approximate surface area is 209 Å². The summed E-state index contributed by atoms with van der Waals surface area (Å²) in [5.41, 5.74) is 5.36. The molecule has 2 heterocycles. The van der Waals surface area contributed by atoms with Gasteiger partial charge in [-0.15, -0.1) is 0 Å². The Hall–Kier alpha value is -4.04. The predicted molar refractivity (Wildman–Crippen MR) is 137 cm³/mol. The summed E-state index contributed by atoms with van der Waals surface area (Å²) in [5, 5.41) is 0. The Kier molecular flexibility index (Phi) is 5.84. The Bertz CT molecular complexity index is 1700. The fourth-order valence-electron chi connectivity index (χ4n) is 4.29. The molecule has 0 saturated heterocycles. The third-order valence-corrected chi connectivity index (χ3v) is 7.06. The van der Waals surface area contributed by atoms with Crippen molar-refractivity contribution >= 4 is 9.84 Å². The summed E-state index contributed by atoms with van der Waals surface area (Å²) in [6.45, 7) is 5.62. The van der Waals surface area contributed by atoms with Crippen LogP contribution in [-0.4, -0.2) is 29.2 Å². The third-order valence-electron chi connectivity index (χ3n) is 5.95. The van der Waals surface area contributed by atoms with Crippen LogP contribution in [0.5, 0.6) is 0 Å². The van der Waals surface area contributed by atoms with E-state index in [0.717, 1.165) is 33.9 Å². The normalized spacial score (nSPS) is 11.7. The highest BCUT2D eigenvalue weighted by atomic mass is 32.2. The first-order chi connectivity index (χ1) is 17.1. The van der Waals surface area contributed by atoms with Gasteiger partial charge in [0.1, 0.15) is 17.3 Å². The molecule has 0 unspecified atom stereocenters. The fraction of sp³-hybridized carbons (Fsp3) is 0.143. The van der Waals surface area contributed by atoms with E-state index in [2.05, 4.69) is 4.98 Å². The molecule has 0 aliphatic heterocycles. The van der Waals surface area contributed by atoms with Crippen molar-refractivity contribution in [1.82, 2.24) is 14.5 Å². The topological polar surface area (TPSA) is 78.0 Å². The van der Waals surface area contributed by atoms with Crippen molar-refractivity contribution < 1.29 is 17.2 Å². The number of imidazole rings is 1. The van der Waals surface area contributed by atoms with E-state index in [1.54, 1.807) is 37.3 Å².